The van der Waals surface area contributed by atoms with E-state index in [1.807, 2.05) is 6.92 Å². The van der Waals surface area contributed by atoms with Crippen LogP contribution in [0.4, 0.5) is 5.95 Å². The van der Waals surface area contributed by atoms with Gasteiger partial charge in [-0.3, -0.25) is 4.79 Å². The van der Waals surface area contributed by atoms with Gasteiger partial charge in [0.2, 0.25) is 17.1 Å². The molecule has 0 spiro atoms. The fraction of sp³-hybridized carbons (Fsp3) is 0.300. The number of hydrogen-bond acceptors (Lipinski definition) is 6. The van der Waals surface area contributed by atoms with Crippen molar-refractivity contribution in [2.45, 2.75) is 6.92 Å². The second-order valence-corrected chi connectivity index (χ2v) is 3.97. The number of nitrogens with zero attached hydrogens (tertiary/aromatic N) is 6. The van der Waals surface area contributed by atoms with Crippen LogP contribution in [-0.4, -0.2) is 43.7 Å². The minimum Gasteiger partial charge on any atom is -0.368 e. The zero-order chi connectivity index (χ0) is 13.8. The highest BCUT2D eigenvalue weighted by molar-refractivity contribution is 6.28. The molecular formula is C10H12ClN7O. The average Bonchev–Trinajstić information content (AvgIpc) is 2.88. The summed E-state index contributed by atoms with van der Waals surface area (Å²) < 4.78 is 1.45. The lowest BCUT2D eigenvalue weighted by atomic mass is 10.5. The van der Waals surface area contributed by atoms with Gasteiger partial charge in [-0.25, -0.2) is 4.68 Å². The molecular weight excluding hydrogens is 270 g/mol. The Labute approximate surface area is 114 Å². The Hall–Kier alpha value is -2.22. The van der Waals surface area contributed by atoms with Crippen molar-refractivity contribution in [1.82, 2.24) is 24.7 Å². The van der Waals surface area contributed by atoms with Gasteiger partial charge >= 0.3 is 0 Å². The number of rotatable bonds is 5. The Morgan fingerprint density at radius 1 is 1.47 bits per heavy atom. The average molecular weight is 282 g/mol. The lowest BCUT2D eigenvalue weighted by molar-refractivity contribution is -0.116. The molecule has 0 radical (unpaired) electrons. The molecule has 0 aromatic carbocycles. The SMILES string of the molecule is CCN(CC(N)=O)c1nc(Cl)nc(-n2cccn2)n1. The summed E-state index contributed by atoms with van der Waals surface area (Å²) in [4.78, 5) is 24.8. The van der Waals surface area contributed by atoms with E-state index in [9.17, 15) is 4.79 Å². The van der Waals surface area contributed by atoms with Crippen molar-refractivity contribution >= 4 is 23.5 Å². The van der Waals surface area contributed by atoms with E-state index in [2.05, 4.69) is 20.1 Å². The second kappa shape index (κ2) is 5.61. The Bertz CT molecular complexity index is 571. The number of carbonyl (C=O) groups excluding carboxylic acids is 1. The van der Waals surface area contributed by atoms with Crippen LogP contribution in [0.15, 0.2) is 18.5 Å². The number of amides is 1. The van der Waals surface area contributed by atoms with E-state index in [4.69, 9.17) is 17.3 Å². The minimum absolute atomic E-state index is 0.00931. The van der Waals surface area contributed by atoms with Crippen LogP contribution in [-0.2, 0) is 4.79 Å². The lowest BCUT2D eigenvalue weighted by Crippen LogP contribution is -2.35. The molecule has 0 aliphatic rings. The molecule has 0 aliphatic heterocycles. The Morgan fingerprint density at radius 2 is 2.26 bits per heavy atom. The van der Waals surface area contributed by atoms with E-state index in [1.54, 1.807) is 23.4 Å². The molecule has 1 amide bonds. The Balaban J connectivity index is 2.38. The topological polar surface area (TPSA) is 103 Å². The van der Waals surface area contributed by atoms with Crippen molar-refractivity contribution in [2.24, 2.45) is 5.73 Å². The number of anilines is 1. The first kappa shape index (κ1) is 13.2. The van der Waals surface area contributed by atoms with E-state index < -0.39 is 5.91 Å². The van der Waals surface area contributed by atoms with E-state index in [0.29, 0.717) is 6.54 Å². The van der Waals surface area contributed by atoms with Crippen LogP contribution in [0.5, 0.6) is 0 Å². The van der Waals surface area contributed by atoms with Crippen LogP contribution in [0.25, 0.3) is 5.95 Å². The normalized spacial score (nSPS) is 10.4. The van der Waals surface area contributed by atoms with E-state index in [-0.39, 0.29) is 23.7 Å². The largest absolute Gasteiger partial charge is 0.368 e. The van der Waals surface area contributed by atoms with Crippen molar-refractivity contribution in [3.05, 3.63) is 23.7 Å². The van der Waals surface area contributed by atoms with Gasteiger partial charge in [0, 0.05) is 18.9 Å². The maximum Gasteiger partial charge on any atom is 0.256 e. The van der Waals surface area contributed by atoms with E-state index in [0.717, 1.165) is 0 Å². The fourth-order valence-corrected chi connectivity index (χ4v) is 1.62. The lowest BCUT2D eigenvalue weighted by Gasteiger charge is -2.18. The molecule has 9 heteroatoms. The monoisotopic (exact) mass is 281 g/mol. The van der Waals surface area contributed by atoms with Crippen LogP contribution < -0.4 is 10.6 Å². The molecule has 2 N–H and O–H groups in total. The predicted molar refractivity (Wildman–Crippen MR) is 69.0 cm³/mol. The van der Waals surface area contributed by atoms with Gasteiger partial charge in [0.1, 0.15) is 0 Å². The van der Waals surface area contributed by atoms with Crippen molar-refractivity contribution in [3.63, 3.8) is 0 Å². The quantitative estimate of drug-likeness (QED) is 0.829. The molecule has 0 aliphatic carbocycles. The van der Waals surface area contributed by atoms with E-state index >= 15 is 0 Å². The summed E-state index contributed by atoms with van der Waals surface area (Å²) >= 11 is 5.86. The number of aromatic nitrogens is 5. The van der Waals surface area contributed by atoms with Crippen molar-refractivity contribution in [2.75, 3.05) is 18.0 Å². The highest BCUT2D eigenvalue weighted by atomic mass is 35.5. The number of primary amides is 1. The molecule has 2 aromatic heterocycles. The van der Waals surface area contributed by atoms with Gasteiger partial charge in [-0.05, 0) is 24.6 Å². The number of carbonyl (C=O) groups is 1. The molecule has 0 saturated heterocycles. The summed E-state index contributed by atoms with van der Waals surface area (Å²) in [7, 11) is 0. The van der Waals surface area contributed by atoms with Gasteiger partial charge in [0.25, 0.3) is 5.95 Å². The second-order valence-electron chi connectivity index (χ2n) is 3.64. The highest BCUT2D eigenvalue weighted by Gasteiger charge is 2.14. The Morgan fingerprint density at radius 3 is 2.84 bits per heavy atom. The minimum atomic E-state index is -0.473. The van der Waals surface area contributed by atoms with Crippen molar-refractivity contribution < 1.29 is 4.79 Å². The third-order valence-electron chi connectivity index (χ3n) is 2.31. The number of nitrogens with two attached hydrogens (primary N) is 1. The molecule has 2 heterocycles. The summed E-state index contributed by atoms with van der Waals surface area (Å²) in [6.07, 6.45) is 3.28. The number of halogens is 1. The first-order chi connectivity index (χ1) is 9.10. The zero-order valence-electron chi connectivity index (χ0n) is 10.2. The molecule has 0 fully saturated rings. The molecule has 100 valence electrons. The molecule has 2 aromatic rings. The maximum atomic E-state index is 11.0. The van der Waals surface area contributed by atoms with Gasteiger partial charge < -0.3 is 10.6 Å². The zero-order valence-corrected chi connectivity index (χ0v) is 10.9. The summed E-state index contributed by atoms with van der Waals surface area (Å²) in [6, 6.07) is 1.73. The van der Waals surface area contributed by atoms with Gasteiger partial charge in [-0.2, -0.15) is 20.1 Å². The smallest absolute Gasteiger partial charge is 0.256 e. The van der Waals surface area contributed by atoms with Crippen LogP contribution in [0.3, 0.4) is 0 Å². The molecule has 0 bridgehead atoms. The molecule has 0 unspecified atom stereocenters. The summed E-state index contributed by atoms with van der Waals surface area (Å²) in [5, 5.41) is 4.04. The van der Waals surface area contributed by atoms with Gasteiger partial charge in [-0.1, -0.05) is 0 Å². The molecule has 0 saturated carbocycles. The van der Waals surface area contributed by atoms with Crippen LogP contribution in [0, 0.1) is 0 Å². The van der Waals surface area contributed by atoms with Gasteiger partial charge in [0.15, 0.2) is 0 Å². The standard InChI is InChI=1S/C10H12ClN7O/c1-2-17(6-7(12)19)9-14-8(11)15-10(16-9)18-5-3-4-13-18/h3-5H,2,6H2,1H3,(H2,12,19). The summed E-state index contributed by atoms with van der Waals surface area (Å²) in [5.74, 6) is 0.0914. The van der Waals surface area contributed by atoms with Crippen LogP contribution in [0.2, 0.25) is 5.28 Å². The molecule has 2 rings (SSSR count). The molecule has 19 heavy (non-hydrogen) atoms. The third kappa shape index (κ3) is 3.16. The van der Waals surface area contributed by atoms with E-state index in [1.165, 1.54) is 4.68 Å². The predicted octanol–water partition coefficient (Wildman–Crippen LogP) is 0.0223. The first-order valence-electron chi connectivity index (χ1n) is 5.55. The van der Waals surface area contributed by atoms with Crippen LogP contribution >= 0.6 is 11.6 Å². The Kier molecular flexibility index (Phi) is 3.91. The van der Waals surface area contributed by atoms with Crippen molar-refractivity contribution in [3.8, 4) is 5.95 Å². The molecule has 8 nitrogen and oxygen atoms in total. The van der Waals surface area contributed by atoms with Crippen LogP contribution in [0.1, 0.15) is 6.92 Å². The first-order valence-corrected chi connectivity index (χ1v) is 5.92. The number of hydrogen-bond donors (Lipinski definition) is 1. The van der Waals surface area contributed by atoms with Gasteiger partial charge in [0.05, 0.1) is 6.54 Å². The van der Waals surface area contributed by atoms with Gasteiger partial charge in [-0.15, -0.1) is 0 Å². The summed E-state index contributed by atoms with van der Waals surface area (Å²) in [5.41, 5.74) is 5.17. The third-order valence-corrected chi connectivity index (χ3v) is 2.47. The highest BCUT2D eigenvalue weighted by Crippen LogP contribution is 2.12. The summed E-state index contributed by atoms with van der Waals surface area (Å²) in [6.45, 7) is 2.38. The molecule has 0 atom stereocenters. The van der Waals surface area contributed by atoms with Crippen molar-refractivity contribution in [1.29, 1.82) is 0 Å². The fourth-order valence-electron chi connectivity index (χ4n) is 1.47. The maximum absolute atomic E-state index is 11.0. The number of likely N-dealkylation sites (N-methyl/N-ethyl adjacent to an activating group) is 1.